The third-order valence-corrected chi connectivity index (χ3v) is 4.11. The number of aliphatic hydroxyl groups is 1. The maximum Gasteiger partial charge on any atom is 0.267 e. The van der Waals surface area contributed by atoms with Crippen LogP contribution in [0.25, 0.3) is 0 Å². The number of aromatic nitrogens is 2. The van der Waals surface area contributed by atoms with Gasteiger partial charge in [-0.25, -0.2) is 5.01 Å². The van der Waals surface area contributed by atoms with Crippen molar-refractivity contribution in [3.8, 4) is 0 Å². The molecule has 0 bridgehead atoms. The first-order chi connectivity index (χ1) is 12.4. The molecule has 0 aliphatic carbocycles. The van der Waals surface area contributed by atoms with Crippen molar-refractivity contribution in [3.05, 3.63) is 47.8 Å². The normalized spacial score (nSPS) is 15.6. The predicted octanol–water partition coefficient (Wildman–Crippen LogP) is 1.06. The third kappa shape index (κ3) is 3.97. The zero-order valence-electron chi connectivity index (χ0n) is 14.7. The van der Waals surface area contributed by atoms with Gasteiger partial charge in [-0.15, -0.1) is 0 Å². The smallest absolute Gasteiger partial charge is 0.267 e. The van der Waals surface area contributed by atoms with Gasteiger partial charge >= 0.3 is 0 Å². The van der Waals surface area contributed by atoms with Gasteiger partial charge in [-0.05, 0) is 24.6 Å². The highest BCUT2D eigenvalue weighted by Crippen LogP contribution is 2.21. The van der Waals surface area contributed by atoms with Gasteiger partial charge in [0.1, 0.15) is 5.71 Å². The third-order valence-electron chi connectivity index (χ3n) is 4.11. The minimum Gasteiger partial charge on any atom is -0.386 e. The topological polar surface area (TPSA) is 99.8 Å². The van der Waals surface area contributed by atoms with Crippen LogP contribution in [0.2, 0.25) is 0 Å². The molecule has 136 valence electrons. The lowest BCUT2D eigenvalue weighted by Crippen LogP contribution is -2.40. The first-order valence-electron chi connectivity index (χ1n) is 8.36. The number of nitrogens with one attached hydrogen (secondary N) is 1. The zero-order valence-corrected chi connectivity index (χ0v) is 14.7. The number of hydrazone groups is 1. The van der Waals surface area contributed by atoms with Gasteiger partial charge in [0.2, 0.25) is 5.91 Å². The summed E-state index contributed by atoms with van der Waals surface area (Å²) < 4.78 is 1.58. The largest absolute Gasteiger partial charge is 0.386 e. The molecule has 3 rings (SSSR count). The highest BCUT2D eigenvalue weighted by molar-refractivity contribution is 6.40. The van der Waals surface area contributed by atoms with Crippen molar-refractivity contribution in [3.63, 3.8) is 0 Å². The van der Waals surface area contributed by atoms with Crippen LogP contribution in [0.5, 0.6) is 0 Å². The molecule has 2 aromatic rings. The number of carbonyl (C=O) groups excluding carboxylic acids is 2. The van der Waals surface area contributed by atoms with Gasteiger partial charge in [0.05, 0.1) is 18.0 Å². The molecule has 8 nitrogen and oxygen atoms in total. The minimum absolute atomic E-state index is 0.0436. The molecule has 2 N–H and O–H groups in total. The molecule has 1 aliphatic rings. The van der Waals surface area contributed by atoms with Crippen molar-refractivity contribution in [1.82, 2.24) is 15.1 Å². The highest BCUT2D eigenvalue weighted by atomic mass is 16.3. The number of anilines is 1. The number of rotatable bonds is 5. The van der Waals surface area contributed by atoms with Crippen molar-refractivity contribution < 1.29 is 14.7 Å². The lowest BCUT2D eigenvalue weighted by atomic mass is 10.1. The SMILES string of the molecule is Cc1cccc(N2N=C(C(=O)NCC(O)c3cnn(C)c3)CCC2=O)c1. The Balaban J connectivity index is 1.68. The average molecular weight is 355 g/mol. The molecular weight excluding hydrogens is 334 g/mol. The summed E-state index contributed by atoms with van der Waals surface area (Å²) in [6.07, 6.45) is 2.87. The molecule has 0 saturated heterocycles. The number of aliphatic hydroxyl groups excluding tert-OH is 1. The Morgan fingerprint density at radius 2 is 2.19 bits per heavy atom. The van der Waals surface area contributed by atoms with Crippen molar-refractivity contribution >= 4 is 23.2 Å². The Kier molecular flexibility index (Phi) is 5.13. The van der Waals surface area contributed by atoms with Crippen molar-refractivity contribution in [1.29, 1.82) is 0 Å². The van der Waals surface area contributed by atoms with Gasteiger partial charge < -0.3 is 10.4 Å². The maximum absolute atomic E-state index is 12.4. The van der Waals surface area contributed by atoms with E-state index in [2.05, 4.69) is 15.5 Å². The van der Waals surface area contributed by atoms with Gasteiger partial charge in [0.15, 0.2) is 0 Å². The molecule has 1 aromatic carbocycles. The second-order valence-corrected chi connectivity index (χ2v) is 6.26. The van der Waals surface area contributed by atoms with Crippen molar-refractivity contribution in [2.45, 2.75) is 25.9 Å². The van der Waals surface area contributed by atoms with Crippen LogP contribution in [-0.4, -0.2) is 39.0 Å². The first kappa shape index (κ1) is 17.8. The molecule has 0 radical (unpaired) electrons. The van der Waals surface area contributed by atoms with Crippen LogP contribution in [0.4, 0.5) is 5.69 Å². The van der Waals surface area contributed by atoms with Crippen LogP contribution >= 0.6 is 0 Å². The molecule has 0 saturated carbocycles. The van der Waals surface area contributed by atoms with E-state index in [1.54, 1.807) is 30.2 Å². The first-order valence-corrected chi connectivity index (χ1v) is 8.36. The molecule has 0 fully saturated rings. The summed E-state index contributed by atoms with van der Waals surface area (Å²) in [5.41, 5.74) is 2.52. The monoisotopic (exact) mass is 355 g/mol. The fourth-order valence-corrected chi connectivity index (χ4v) is 2.70. The van der Waals surface area contributed by atoms with Gasteiger partial charge in [-0.1, -0.05) is 12.1 Å². The summed E-state index contributed by atoms with van der Waals surface area (Å²) in [6.45, 7) is 1.97. The quantitative estimate of drug-likeness (QED) is 0.838. The molecule has 8 heteroatoms. The van der Waals surface area contributed by atoms with Crippen LogP contribution < -0.4 is 10.3 Å². The molecule has 1 aromatic heterocycles. The van der Waals surface area contributed by atoms with E-state index >= 15 is 0 Å². The Morgan fingerprint density at radius 1 is 1.38 bits per heavy atom. The molecule has 26 heavy (non-hydrogen) atoms. The predicted molar refractivity (Wildman–Crippen MR) is 96.5 cm³/mol. The number of carbonyl (C=O) groups is 2. The molecular formula is C18H21N5O3. The van der Waals surface area contributed by atoms with E-state index in [1.165, 1.54) is 5.01 Å². The van der Waals surface area contributed by atoms with Crippen LogP contribution in [0.15, 0.2) is 41.8 Å². The Labute approximate surface area is 151 Å². The number of aryl methyl sites for hydroxylation is 2. The lowest BCUT2D eigenvalue weighted by molar-refractivity contribution is -0.119. The maximum atomic E-state index is 12.4. The number of amides is 2. The molecule has 1 aliphatic heterocycles. The van der Waals surface area contributed by atoms with Gasteiger partial charge in [0, 0.05) is 38.2 Å². The van der Waals surface area contributed by atoms with Crippen LogP contribution in [-0.2, 0) is 16.6 Å². The Morgan fingerprint density at radius 3 is 2.88 bits per heavy atom. The second kappa shape index (κ2) is 7.49. The Bertz CT molecular complexity index is 858. The zero-order chi connectivity index (χ0) is 18.7. The highest BCUT2D eigenvalue weighted by Gasteiger charge is 2.26. The number of benzene rings is 1. The van der Waals surface area contributed by atoms with E-state index < -0.39 is 12.0 Å². The molecule has 1 unspecified atom stereocenters. The summed E-state index contributed by atoms with van der Waals surface area (Å²) in [4.78, 5) is 24.5. The number of nitrogens with zero attached hydrogens (tertiary/aromatic N) is 4. The van der Waals surface area contributed by atoms with Crippen LogP contribution in [0, 0.1) is 6.92 Å². The van der Waals surface area contributed by atoms with Gasteiger partial charge in [0.25, 0.3) is 5.91 Å². The summed E-state index contributed by atoms with van der Waals surface area (Å²) >= 11 is 0. The number of hydrogen-bond acceptors (Lipinski definition) is 5. The lowest BCUT2D eigenvalue weighted by Gasteiger charge is -2.23. The molecule has 2 amide bonds. The fourth-order valence-electron chi connectivity index (χ4n) is 2.70. The van der Waals surface area contributed by atoms with Crippen LogP contribution in [0.3, 0.4) is 0 Å². The number of hydrogen-bond donors (Lipinski definition) is 2. The van der Waals surface area contributed by atoms with Gasteiger partial charge in [-0.2, -0.15) is 10.2 Å². The van der Waals surface area contributed by atoms with E-state index in [1.807, 2.05) is 25.1 Å². The van der Waals surface area contributed by atoms with Crippen molar-refractivity contribution in [2.75, 3.05) is 11.6 Å². The molecule has 2 heterocycles. The summed E-state index contributed by atoms with van der Waals surface area (Å²) in [7, 11) is 1.75. The van der Waals surface area contributed by atoms with E-state index in [9.17, 15) is 14.7 Å². The van der Waals surface area contributed by atoms with Gasteiger partial charge in [-0.3, -0.25) is 14.3 Å². The fraction of sp³-hybridized carbons (Fsp3) is 0.333. The van der Waals surface area contributed by atoms with E-state index in [0.29, 0.717) is 11.3 Å². The van der Waals surface area contributed by atoms with Crippen LogP contribution in [0.1, 0.15) is 30.1 Å². The van der Waals surface area contributed by atoms with E-state index in [-0.39, 0.29) is 31.0 Å². The summed E-state index contributed by atoms with van der Waals surface area (Å²) in [5, 5.41) is 22.3. The van der Waals surface area contributed by atoms with Crippen molar-refractivity contribution in [2.24, 2.45) is 12.1 Å². The second-order valence-electron chi connectivity index (χ2n) is 6.26. The molecule has 0 spiro atoms. The Hall–Kier alpha value is -3.00. The van der Waals surface area contributed by atoms with E-state index in [0.717, 1.165) is 5.56 Å². The molecule has 1 atom stereocenters. The average Bonchev–Trinajstić information content (AvgIpc) is 3.06. The summed E-state index contributed by atoms with van der Waals surface area (Å²) in [6, 6.07) is 7.39. The van der Waals surface area contributed by atoms with E-state index in [4.69, 9.17) is 0 Å². The minimum atomic E-state index is -0.855. The summed E-state index contributed by atoms with van der Waals surface area (Å²) in [5.74, 6) is -0.541. The standard InChI is InChI=1S/C18H21N5O3/c1-12-4-3-5-14(8-12)23-17(25)7-6-15(21-23)18(26)19-10-16(24)13-9-20-22(2)11-13/h3-5,8-9,11,16,24H,6-7,10H2,1-2H3,(H,19,26).